The Hall–Kier alpha value is -3.01. The number of hydrogen-bond acceptors (Lipinski definition) is 3. The molecule has 0 aromatic heterocycles. The van der Waals surface area contributed by atoms with Crippen LogP contribution in [-0.4, -0.2) is 20.1 Å². The Balaban J connectivity index is 1.88. The Morgan fingerprint density at radius 2 is 1.65 bits per heavy atom. The van der Waals surface area contributed by atoms with E-state index in [4.69, 9.17) is 9.47 Å². The third-order valence-electron chi connectivity index (χ3n) is 3.67. The maximum absolute atomic E-state index is 12.5. The van der Waals surface area contributed by atoms with E-state index in [9.17, 15) is 4.79 Å². The predicted molar refractivity (Wildman–Crippen MR) is 91.4 cm³/mol. The predicted octanol–water partition coefficient (Wildman–Crippen LogP) is 4.11. The lowest BCUT2D eigenvalue weighted by atomic mass is 10.1. The van der Waals surface area contributed by atoms with Gasteiger partial charge in [-0.1, -0.05) is 30.3 Å². The number of hydrogen-bond donors (Lipinski definition) is 1. The Labute approximate surface area is 134 Å². The summed E-state index contributed by atoms with van der Waals surface area (Å²) in [6.45, 7) is 0. The van der Waals surface area contributed by atoms with Gasteiger partial charge in [-0.15, -0.1) is 0 Å². The summed E-state index contributed by atoms with van der Waals surface area (Å²) in [5.74, 6) is 1.04. The van der Waals surface area contributed by atoms with Crippen molar-refractivity contribution < 1.29 is 14.3 Å². The number of anilines is 1. The first-order chi connectivity index (χ1) is 11.2. The molecule has 0 saturated carbocycles. The Kier molecular flexibility index (Phi) is 4.15. The number of amides is 1. The number of carbonyl (C=O) groups is 1. The number of methoxy groups -OCH3 is 2. The molecule has 3 rings (SSSR count). The van der Waals surface area contributed by atoms with Crippen molar-refractivity contribution in [3.8, 4) is 11.5 Å². The number of ether oxygens (including phenoxy) is 2. The van der Waals surface area contributed by atoms with E-state index in [2.05, 4.69) is 5.32 Å². The third kappa shape index (κ3) is 3.11. The molecular formula is C19H17NO3. The molecule has 4 heteroatoms. The quantitative estimate of drug-likeness (QED) is 0.789. The maximum Gasteiger partial charge on any atom is 0.255 e. The molecule has 0 saturated heterocycles. The fourth-order valence-corrected chi connectivity index (χ4v) is 2.43. The summed E-state index contributed by atoms with van der Waals surface area (Å²) >= 11 is 0. The minimum Gasteiger partial charge on any atom is -0.497 e. The number of benzene rings is 3. The zero-order valence-electron chi connectivity index (χ0n) is 13.0. The molecule has 0 aliphatic rings. The summed E-state index contributed by atoms with van der Waals surface area (Å²) in [4.78, 5) is 12.5. The maximum atomic E-state index is 12.5. The average molecular weight is 307 g/mol. The van der Waals surface area contributed by atoms with Crippen LogP contribution in [0.3, 0.4) is 0 Å². The van der Waals surface area contributed by atoms with E-state index in [1.165, 1.54) is 0 Å². The molecule has 23 heavy (non-hydrogen) atoms. The minimum atomic E-state index is -0.181. The fraction of sp³-hybridized carbons (Fsp3) is 0.105. The zero-order chi connectivity index (χ0) is 16.2. The van der Waals surface area contributed by atoms with Gasteiger partial charge < -0.3 is 14.8 Å². The lowest BCUT2D eigenvalue weighted by Gasteiger charge is -2.12. The molecule has 0 unspecified atom stereocenters. The summed E-state index contributed by atoms with van der Waals surface area (Å²) in [6.07, 6.45) is 0. The molecule has 3 aromatic rings. The van der Waals surface area contributed by atoms with Gasteiger partial charge >= 0.3 is 0 Å². The highest BCUT2D eigenvalue weighted by Gasteiger charge is 2.11. The summed E-state index contributed by atoms with van der Waals surface area (Å²) in [5.41, 5.74) is 1.20. The van der Waals surface area contributed by atoms with Crippen LogP contribution in [0.5, 0.6) is 11.5 Å². The molecule has 0 aliphatic carbocycles. The van der Waals surface area contributed by atoms with E-state index in [1.54, 1.807) is 32.4 Å². The highest BCUT2D eigenvalue weighted by atomic mass is 16.5. The molecule has 3 aromatic carbocycles. The van der Waals surface area contributed by atoms with E-state index in [1.807, 2.05) is 42.5 Å². The zero-order valence-corrected chi connectivity index (χ0v) is 13.0. The first-order valence-corrected chi connectivity index (χ1v) is 7.23. The van der Waals surface area contributed by atoms with Crippen molar-refractivity contribution >= 4 is 22.4 Å². The molecule has 0 radical (unpaired) electrons. The first-order valence-electron chi connectivity index (χ1n) is 7.23. The van der Waals surface area contributed by atoms with E-state index in [0.717, 1.165) is 10.8 Å². The number of fused-ring (bicyclic) bond motifs is 1. The van der Waals surface area contributed by atoms with Crippen molar-refractivity contribution in [2.45, 2.75) is 0 Å². The smallest absolute Gasteiger partial charge is 0.255 e. The Bertz CT molecular complexity index is 858. The van der Waals surface area contributed by atoms with Gasteiger partial charge in [0.15, 0.2) is 0 Å². The summed E-state index contributed by atoms with van der Waals surface area (Å²) in [6, 6.07) is 18.8. The lowest BCUT2D eigenvalue weighted by molar-refractivity contribution is 0.102. The molecule has 0 heterocycles. The Morgan fingerprint density at radius 1 is 0.870 bits per heavy atom. The second kappa shape index (κ2) is 6.40. The third-order valence-corrected chi connectivity index (χ3v) is 3.67. The first kappa shape index (κ1) is 14.9. The SMILES string of the molecule is COc1ccc(NC(=O)c2ccc3ccccc3c2)c(OC)c1. The van der Waals surface area contributed by atoms with Crippen LogP contribution < -0.4 is 14.8 Å². The van der Waals surface area contributed by atoms with E-state index >= 15 is 0 Å². The van der Waals surface area contributed by atoms with Crippen LogP contribution in [0, 0.1) is 0 Å². The standard InChI is InChI=1S/C19H17NO3/c1-22-16-9-10-17(18(12-16)23-2)20-19(21)15-8-7-13-5-3-4-6-14(13)11-15/h3-12H,1-2H3,(H,20,21). The number of nitrogens with one attached hydrogen (secondary N) is 1. The van der Waals surface area contributed by atoms with Gasteiger partial charge in [0, 0.05) is 11.6 Å². The van der Waals surface area contributed by atoms with Crippen molar-refractivity contribution in [2.24, 2.45) is 0 Å². The van der Waals surface area contributed by atoms with Gasteiger partial charge in [-0.2, -0.15) is 0 Å². The topological polar surface area (TPSA) is 47.6 Å². The Morgan fingerprint density at radius 3 is 2.39 bits per heavy atom. The van der Waals surface area contributed by atoms with Crippen LogP contribution in [0.25, 0.3) is 10.8 Å². The van der Waals surface area contributed by atoms with Crippen LogP contribution in [0.4, 0.5) is 5.69 Å². The van der Waals surface area contributed by atoms with Crippen LogP contribution in [0.1, 0.15) is 10.4 Å². The molecule has 1 N–H and O–H groups in total. The van der Waals surface area contributed by atoms with Crippen molar-refractivity contribution in [1.29, 1.82) is 0 Å². The van der Waals surface area contributed by atoms with Crippen LogP contribution in [0.15, 0.2) is 60.7 Å². The molecular weight excluding hydrogens is 290 g/mol. The number of carbonyl (C=O) groups excluding carboxylic acids is 1. The summed E-state index contributed by atoms with van der Waals surface area (Å²) in [7, 11) is 3.14. The van der Waals surface area contributed by atoms with Crippen LogP contribution >= 0.6 is 0 Å². The monoisotopic (exact) mass is 307 g/mol. The van der Waals surface area contributed by atoms with Crippen molar-refractivity contribution in [1.82, 2.24) is 0 Å². The summed E-state index contributed by atoms with van der Waals surface area (Å²) < 4.78 is 10.5. The van der Waals surface area contributed by atoms with E-state index in [-0.39, 0.29) is 5.91 Å². The minimum absolute atomic E-state index is 0.181. The largest absolute Gasteiger partial charge is 0.497 e. The van der Waals surface area contributed by atoms with E-state index < -0.39 is 0 Å². The highest BCUT2D eigenvalue weighted by molar-refractivity contribution is 6.07. The van der Waals surface area contributed by atoms with Crippen LogP contribution in [-0.2, 0) is 0 Å². The molecule has 0 atom stereocenters. The molecule has 4 nitrogen and oxygen atoms in total. The molecule has 0 fully saturated rings. The van der Waals surface area contributed by atoms with E-state index in [0.29, 0.717) is 22.7 Å². The molecule has 0 spiro atoms. The van der Waals surface area contributed by atoms with Gasteiger partial charge in [-0.25, -0.2) is 0 Å². The van der Waals surface area contributed by atoms with Gasteiger partial charge in [0.25, 0.3) is 5.91 Å². The van der Waals surface area contributed by atoms with Gasteiger partial charge in [0.05, 0.1) is 19.9 Å². The molecule has 116 valence electrons. The molecule has 0 aliphatic heterocycles. The second-order valence-electron chi connectivity index (χ2n) is 5.08. The van der Waals surface area contributed by atoms with Gasteiger partial charge in [-0.3, -0.25) is 4.79 Å². The number of rotatable bonds is 4. The normalized spacial score (nSPS) is 10.3. The van der Waals surface area contributed by atoms with Gasteiger partial charge in [0.2, 0.25) is 0 Å². The lowest BCUT2D eigenvalue weighted by Crippen LogP contribution is -2.12. The fourth-order valence-electron chi connectivity index (χ4n) is 2.43. The summed E-state index contributed by atoms with van der Waals surface area (Å²) in [5, 5.41) is 5.01. The van der Waals surface area contributed by atoms with Crippen molar-refractivity contribution in [3.05, 3.63) is 66.2 Å². The second-order valence-corrected chi connectivity index (χ2v) is 5.08. The molecule has 1 amide bonds. The van der Waals surface area contributed by atoms with Gasteiger partial charge in [-0.05, 0) is 35.0 Å². The average Bonchev–Trinajstić information content (AvgIpc) is 2.61. The van der Waals surface area contributed by atoms with Gasteiger partial charge in [0.1, 0.15) is 11.5 Å². The van der Waals surface area contributed by atoms with Crippen molar-refractivity contribution in [3.63, 3.8) is 0 Å². The van der Waals surface area contributed by atoms with Crippen LogP contribution in [0.2, 0.25) is 0 Å². The molecule has 0 bridgehead atoms. The highest BCUT2D eigenvalue weighted by Crippen LogP contribution is 2.29. The van der Waals surface area contributed by atoms with Crippen molar-refractivity contribution in [2.75, 3.05) is 19.5 Å².